The van der Waals surface area contributed by atoms with Gasteiger partial charge in [-0.15, -0.1) is 10.2 Å². The van der Waals surface area contributed by atoms with Crippen LogP contribution in [0, 0.1) is 0 Å². The van der Waals surface area contributed by atoms with Gasteiger partial charge in [0.1, 0.15) is 0 Å². The number of aryl methyl sites for hydroxylation is 1. The number of tetrazole rings is 1. The Morgan fingerprint density at radius 2 is 2.27 bits per heavy atom. The molecule has 1 saturated heterocycles. The fourth-order valence-electron chi connectivity index (χ4n) is 1.63. The summed E-state index contributed by atoms with van der Waals surface area (Å²) in [5, 5.41) is 15.1. The molecule has 0 aliphatic carbocycles. The first kappa shape index (κ1) is 10.7. The first-order valence-electron chi connectivity index (χ1n) is 5.05. The lowest BCUT2D eigenvalue weighted by Crippen LogP contribution is -2.35. The minimum absolute atomic E-state index is 0.450. The molecular formula is C8H15N5OS. The fourth-order valence-corrected chi connectivity index (χ4v) is 2.93. The number of nitrogens with one attached hydrogen (secondary N) is 1. The molecule has 15 heavy (non-hydrogen) atoms. The highest BCUT2D eigenvalue weighted by molar-refractivity contribution is 7.85. The van der Waals surface area contributed by atoms with Gasteiger partial charge in [-0.1, -0.05) is 0 Å². The summed E-state index contributed by atoms with van der Waals surface area (Å²) in [5.41, 5.74) is 0. The summed E-state index contributed by atoms with van der Waals surface area (Å²) in [4.78, 5) is 1.45. The van der Waals surface area contributed by atoms with Gasteiger partial charge in [-0.3, -0.25) is 4.21 Å². The predicted molar refractivity (Wildman–Crippen MR) is 56.5 cm³/mol. The van der Waals surface area contributed by atoms with Crippen LogP contribution < -0.4 is 5.32 Å². The Morgan fingerprint density at radius 3 is 2.87 bits per heavy atom. The van der Waals surface area contributed by atoms with Gasteiger partial charge in [0.2, 0.25) is 0 Å². The van der Waals surface area contributed by atoms with Crippen LogP contribution in [-0.2, 0) is 24.4 Å². The molecule has 2 heterocycles. The van der Waals surface area contributed by atoms with Crippen LogP contribution in [0.1, 0.15) is 18.7 Å². The highest BCUT2D eigenvalue weighted by Gasteiger charge is 2.17. The molecule has 0 aromatic carbocycles. The summed E-state index contributed by atoms with van der Waals surface area (Å²) in [6, 6.07) is 0.450. The van der Waals surface area contributed by atoms with Crippen molar-refractivity contribution >= 4 is 10.8 Å². The maximum Gasteiger partial charge on any atom is 0.188 e. The van der Waals surface area contributed by atoms with Gasteiger partial charge in [0, 0.05) is 28.3 Å². The van der Waals surface area contributed by atoms with E-state index >= 15 is 0 Å². The Labute approximate surface area is 90.9 Å². The lowest BCUT2D eigenvalue weighted by molar-refractivity contribution is 0.467. The third kappa shape index (κ3) is 3.07. The molecule has 1 aliphatic rings. The Morgan fingerprint density at radius 1 is 1.53 bits per heavy atom. The van der Waals surface area contributed by atoms with Crippen molar-refractivity contribution in [3.05, 3.63) is 5.82 Å². The van der Waals surface area contributed by atoms with Crippen molar-refractivity contribution in [2.75, 3.05) is 11.5 Å². The Kier molecular flexibility index (Phi) is 3.42. The van der Waals surface area contributed by atoms with E-state index in [9.17, 15) is 4.21 Å². The van der Waals surface area contributed by atoms with Crippen molar-refractivity contribution in [2.24, 2.45) is 7.05 Å². The summed E-state index contributed by atoms with van der Waals surface area (Å²) >= 11 is 0. The van der Waals surface area contributed by atoms with Crippen LogP contribution in [0.5, 0.6) is 0 Å². The van der Waals surface area contributed by atoms with E-state index < -0.39 is 10.8 Å². The van der Waals surface area contributed by atoms with Crippen LogP contribution in [-0.4, -0.2) is 42.0 Å². The standard InChI is InChI=1S/C8H15N5OS/c1-13-11-8(10-12-13)6-9-7-2-4-15(14)5-3-7/h7,9H,2-6H2,1H3. The molecule has 0 amide bonds. The molecule has 1 fully saturated rings. The molecule has 1 aromatic rings. The van der Waals surface area contributed by atoms with E-state index in [1.807, 2.05) is 0 Å². The molecule has 1 aliphatic heterocycles. The monoisotopic (exact) mass is 229 g/mol. The van der Waals surface area contributed by atoms with Gasteiger partial charge >= 0.3 is 0 Å². The average Bonchev–Trinajstić information content (AvgIpc) is 2.64. The van der Waals surface area contributed by atoms with Gasteiger partial charge in [0.15, 0.2) is 5.82 Å². The molecule has 1 N–H and O–H groups in total. The van der Waals surface area contributed by atoms with Crippen LogP contribution in [0.2, 0.25) is 0 Å². The van der Waals surface area contributed by atoms with E-state index in [-0.39, 0.29) is 0 Å². The van der Waals surface area contributed by atoms with E-state index in [4.69, 9.17) is 0 Å². The van der Waals surface area contributed by atoms with Crippen LogP contribution in [0.15, 0.2) is 0 Å². The minimum atomic E-state index is -0.593. The van der Waals surface area contributed by atoms with Gasteiger partial charge < -0.3 is 5.32 Å². The summed E-state index contributed by atoms with van der Waals surface area (Å²) < 4.78 is 11.1. The zero-order chi connectivity index (χ0) is 10.7. The van der Waals surface area contributed by atoms with Crippen molar-refractivity contribution in [3.8, 4) is 0 Å². The molecule has 84 valence electrons. The Bertz CT molecular complexity index is 343. The van der Waals surface area contributed by atoms with E-state index in [0.717, 1.165) is 24.3 Å². The number of nitrogens with zero attached hydrogens (tertiary/aromatic N) is 4. The van der Waals surface area contributed by atoms with Crippen LogP contribution >= 0.6 is 0 Å². The lowest BCUT2D eigenvalue weighted by atomic mass is 10.1. The molecule has 1 aromatic heterocycles. The maximum atomic E-state index is 11.1. The van der Waals surface area contributed by atoms with Gasteiger partial charge in [0.05, 0.1) is 13.6 Å². The Balaban J connectivity index is 1.76. The summed E-state index contributed by atoms with van der Waals surface area (Å²) in [6.07, 6.45) is 1.96. The van der Waals surface area contributed by atoms with Crippen molar-refractivity contribution in [3.63, 3.8) is 0 Å². The van der Waals surface area contributed by atoms with Gasteiger partial charge in [0.25, 0.3) is 0 Å². The third-order valence-corrected chi connectivity index (χ3v) is 3.87. The molecule has 0 unspecified atom stereocenters. The molecule has 0 radical (unpaired) electrons. The predicted octanol–water partition coefficient (Wildman–Crippen LogP) is -0.789. The summed E-state index contributed by atoms with van der Waals surface area (Å²) in [7, 11) is 1.16. The number of rotatable bonds is 3. The largest absolute Gasteiger partial charge is 0.307 e. The van der Waals surface area contributed by atoms with Crippen molar-refractivity contribution in [2.45, 2.75) is 25.4 Å². The molecule has 0 bridgehead atoms. The Hall–Kier alpha value is -0.820. The molecule has 0 saturated carbocycles. The summed E-state index contributed by atoms with van der Waals surface area (Å²) in [6.45, 7) is 0.644. The highest BCUT2D eigenvalue weighted by atomic mass is 32.2. The number of hydrogen-bond donors (Lipinski definition) is 1. The smallest absolute Gasteiger partial charge is 0.188 e. The second kappa shape index (κ2) is 4.80. The molecular weight excluding hydrogens is 214 g/mol. The average molecular weight is 229 g/mol. The third-order valence-electron chi connectivity index (χ3n) is 2.49. The highest BCUT2D eigenvalue weighted by Crippen LogP contribution is 2.09. The van der Waals surface area contributed by atoms with Crippen LogP contribution in [0.25, 0.3) is 0 Å². The van der Waals surface area contributed by atoms with E-state index in [0.29, 0.717) is 18.4 Å². The topological polar surface area (TPSA) is 72.7 Å². The first-order valence-corrected chi connectivity index (χ1v) is 6.54. The van der Waals surface area contributed by atoms with Gasteiger partial charge in [-0.2, -0.15) is 4.80 Å². The second-order valence-electron chi connectivity index (χ2n) is 3.70. The molecule has 0 spiro atoms. The quantitative estimate of drug-likeness (QED) is 0.735. The fraction of sp³-hybridized carbons (Fsp3) is 0.875. The van der Waals surface area contributed by atoms with Crippen molar-refractivity contribution < 1.29 is 4.21 Å². The molecule has 0 atom stereocenters. The van der Waals surface area contributed by atoms with Crippen molar-refractivity contribution in [1.29, 1.82) is 0 Å². The van der Waals surface area contributed by atoms with Gasteiger partial charge in [-0.25, -0.2) is 0 Å². The molecule has 2 rings (SSSR count). The van der Waals surface area contributed by atoms with Gasteiger partial charge in [-0.05, 0) is 18.1 Å². The zero-order valence-electron chi connectivity index (χ0n) is 8.72. The van der Waals surface area contributed by atoms with E-state index in [2.05, 4.69) is 20.7 Å². The molecule has 7 heteroatoms. The lowest BCUT2D eigenvalue weighted by Gasteiger charge is -2.21. The molecule has 6 nitrogen and oxygen atoms in total. The van der Waals surface area contributed by atoms with Crippen LogP contribution in [0.3, 0.4) is 0 Å². The van der Waals surface area contributed by atoms with E-state index in [1.54, 1.807) is 7.05 Å². The first-order chi connectivity index (χ1) is 7.24. The number of hydrogen-bond acceptors (Lipinski definition) is 5. The van der Waals surface area contributed by atoms with E-state index in [1.165, 1.54) is 4.80 Å². The van der Waals surface area contributed by atoms with Crippen molar-refractivity contribution in [1.82, 2.24) is 25.5 Å². The minimum Gasteiger partial charge on any atom is -0.307 e. The zero-order valence-corrected chi connectivity index (χ0v) is 9.53. The number of aromatic nitrogens is 4. The second-order valence-corrected chi connectivity index (χ2v) is 5.39. The maximum absolute atomic E-state index is 11.1. The van der Waals surface area contributed by atoms with Crippen LogP contribution in [0.4, 0.5) is 0 Å². The normalized spacial score (nSPS) is 26.7. The SMILES string of the molecule is Cn1nnc(CNC2CCS(=O)CC2)n1. The summed E-state index contributed by atoms with van der Waals surface area (Å²) in [5.74, 6) is 2.33.